The maximum absolute atomic E-state index is 13.9. The number of aromatic nitrogens is 1. The number of benzene rings is 2. The van der Waals surface area contributed by atoms with Gasteiger partial charge in [-0.1, -0.05) is 6.07 Å². The number of hydrogen-bond acceptors (Lipinski definition) is 7. The Labute approximate surface area is 226 Å². The molecule has 8 nitrogen and oxygen atoms in total. The third kappa shape index (κ3) is 7.16. The molecule has 0 spiro atoms. The Balaban J connectivity index is 1.97. The fourth-order valence-electron chi connectivity index (χ4n) is 3.76. The Hall–Kier alpha value is -3.79. The van der Waals surface area contributed by atoms with Crippen LogP contribution in [0.15, 0.2) is 53.6 Å². The third-order valence-electron chi connectivity index (χ3n) is 5.61. The Morgan fingerprint density at radius 2 is 1.89 bits per heavy atom. The van der Waals surface area contributed by atoms with Crippen LogP contribution >= 0.6 is 11.8 Å². The summed E-state index contributed by atoms with van der Waals surface area (Å²) in [6.07, 6.45) is 2.29. The van der Waals surface area contributed by atoms with Gasteiger partial charge in [-0.15, -0.1) is 11.8 Å². The first-order valence-electron chi connectivity index (χ1n) is 11.9. The van der Waals surface area contributed by atoms with E-state index in [1.54, 1.807) is 38.0 Å². The van der Waals surface area contributed by atoms with Gasteiger partial charge in [0.1, 0.15) is 17.5 Å². The molecule has 1 atom stereocenters. The van der Waals surface area contributed by atoms with Crippen molar-refractivity contribution in [1.82, 2.24) is 9.88 Å². The van der Waals surface area contributed by atoms with Crippen molar-refractivity contribution >= 4 is 29.6 Å². The van der Waals surface area contributed by atoms with E-state index in [-0.39, 0.29) is 29.2 Å². The molecular formula is C28H32FN3O5S. The monoisotopic (exact) mass is 541 g/mol. The maximum atomic E-state index is 13.9. The molecular weight excluding hydrogens is 509 g/mol. The van der Waals surface area contributed by atoms with Gasteiger partial charge in [0.05, 0.1) is 5.56 Å². The van der Waals surface area contributed by atoms with Crippen LogP contribution in [0.5, 0.6) is 5.75 Å². The van der Waals surface area contributed by atoms with Gasteiger partial charge in [-0.25, -0.2) is 19.0 Å². The van der Waals surface area contributed by atoms with E-state index in [9.17, 15) is 19.1 Å². The molecule has 1 unspecified atom stereocenters. The molecule has 0 aliphatic rings. The van der Waals surface area contributed by atoms with Gasteiger partial charge in [-0.2, -0.15) is 0 Å². The number of carbonyl (C=O) groups is 2. The minimum absolute atomic E-state index is 0.0678. The Bertz CT molecular complexity index is 1340. The number of carboxylic acid groups (broad SMARTS) is 1. The molecule has 0 aliphatic carbocycles. The minimum Gasteiger partial charge on any atom is -0.482 e. The molecule has 0 aliphatic heterocycles. The number of nitrogens with two attached hydrogens (primary N) is 1. The zero-order chi connectivity index (χ0) is 28.2. The van der Waals surface area contributed by atoms with E-state index in [2.05, 4.69) is 4.98 Å². The SMILES string of the molecule is CSc1ccc(CN(C)C(=O)OC(C)(C)C)c(-c2cnc(N)c(OC(C)c3cc(F)ccc3C(=O)O)c2)c1. The first kappa shape index (κ1) is 28.8. The second-order valence-corrected chi connectivity index (χ2v) is 10.6. The van der Waals surface area contributed by atoms with Crippen LogP contribution in [0.3, 0.4) is 0 Å². The molecule has 0 bridgehead atoms. The van der Waals surface area contributed by atoms with Crippen molar-refractivity contribution in [2.75, 3.05) is 19.0 Å². The minimum atomic E-state index is -1.19. The molecule has 1 heterocycles. The van der Waals surface area contributed by atoms with E-state index in [0.717, 1.165) is 28.2 Å². The first-order chi connectivity index (χ1) is 17.8. The Morgan fingerprint density at radius 3 is 2.53 bits per heavy atom. The van der Waals surface area contributed by atoms with Crippen molar-refractivity contribution in [3.8, 4) is 16.9 Å². The summed E-state index contributed by atoms with van der Waals surface area (Å²) in [4.78, 5) is 31.0. The summed E-state index contributed by atoms with van der Waals surface area (Å²) < 4.78 is 25.4. The predicted molar refractivity (Wildman–Crippen MR) is 146 cm³/mol. The quantitative estimate of drug-likeness (QED) is 0.315. The number of pyridine rings is 1. The third-order valence-corrected chi connectivity index (χ3v) is 6.33. The van der Waals surface area contributed by atoms with Crippen LogP contribution in [0.1, 0.15) is 55.3 Å². The summed E-state index contributed by atoms with van der Waals surface area (Å²) in [7, 11) is 1.66. The summed E-state index contributed by atoms with van der Waals surface area (Å²) in [6.45, 7) is 7.32. The lowest BCUT2D eigenvalue weighted by Gasteiger charge is -2.25. The van der Waals surface area contributed by atoms with E-state index < -0.39 is 29.6 Å². The van der Waals surface area contributed by atoms with E-state index in [1.165, 1.54) is 11.0 Å². The van der Waals surface area contributed by atoms with Crippen LogP contribution in [-0.2, 0) is 11.3 Å². The van der Waals surface area contributed by atoms with Crippen LogP contribution in [0.2, 0.25) is 0 Å². The number of carbonyl (C=O) groups excluding carboxylic acids is 1. The lowest BCUT2D eigenvalue weighted by molar-refractivity contribution is 0.0285. The molecule has 1 aromatic heterocycles. The van der Waals surface area contributed by atoms with E-state index in [0.29, 0.717) is 5.56 Å². The highest BCUT2D eigenvalue weighted by Gasteiger charge is 2.22. The van der Waals surface area contributed by atoms with E-state index in [4.69, 9.17) is 15.2 Å². The number of halogens is 1. The van der Waals surface area contributed by atoms with Crippen molar-refractivity contribution in [3.05, 3.63) is 71.2 Å². The lowest BCUT2D eigenvalue weighted by atomic mass is 10.00. The molecule has 0 fully saturated rings. The predicted octanol–water partition coefficient (Wildman–Crippen LogP) is 6.40. The summed E-state index contributed by atoms with van der Waals surface area (Å²) >= 11 is 1.57. The number of ether oxygens (including phenoxy) is 2. The molecule has 3 N–H and O–H groups in total. The summed E-state index contributed by atoms with van der Waals surface area (Å²) in [5.74, 6) is -1.45. The van der Waals surface area contributed by atoms with E-state index >= 15 is 0 Å². The van der Waals surface area contributed by atoms with Crippen molar-refractivity contribution < 1.29 is 28.6 Å². The molecule has 1 amide bonds. The topological polar surface area (TPSA) is 115 Å². The zero-order valence-electron chi connectivity index (χ0n) is 22.2. The number of aromatic carboxylic acids is 1. The number of anilines is 1. The number of hydrogen-bond donors (Lipinski definition) is 2. The fraction of sp³-hybridized carbons (Fsp3) is 0.321. The van der Waals surface area contributed by atoms with Crippen LogP contribution in [-0.4, -0.2) is 46.0 Å². The number of thioether (sulfide) groups is 1. The van der Waals surface area contributed by atoms with Crippen LogP contribution in [0.25, 0.3) is 11.1 Å². The van der Waals surface area contributed by atoms with Gasteiger partial charge in [-0.05, 0) is 81.5 Å². The van der Waals surface area contributed by atoms with Gasteiger partial charge in [0.2, 0.25) is 0 Å². The van der Waals surface area contributed by atoms with Crippen molar-refractivity contribution in [2.24, 2.45) is 0 Å². The molecule has 3 rings (SSSR count). The second kappa shape index (κ2) is 11.7. The number of nitrogens with zero attached hydrogens (tertiary/aromatic N) is 2. The molecule has 0 radical (unpaired) electrons. The number of amides is 1. The molecule has 10 heteroatoms. The molecule has 202 valence electrons. The van der Waals surface area contributed by atoms with Crippen LogP contribution in [0, 0.1) is 5.82 Å². The second-order valence-electron chi connectivity index (χ2n) is 9.76. The molecule has 0 saturated heterocycles. The van der Waals surface area contributed by atoms with Gasteiger partial charge < -0.3 is 25.2 Å². The maximum Gasteiger partial charge on any atom is 0.410 e. The number of rotatable bonds is 8. The highest BCUT2D eigenvalue weighted by atomic mass is 32.2. The van der Waals surface area contributed by atoms with Crippen molar-refractivity contribution in [1.29, 1.82) is 0 Å². The largest absolute Gasteiger partial charge is 0.482 e. The van der Waals surface area contributed by atoms with Crippen molar-refractivity contribution in [2.45, 2.75) is 50.8 Å². The fourth-order valence-corrected chi connectivity index (χ4v) is 4.20. The highest BCUT2D eigenvalue weighted by Crippen LogP contribution is 2.35. The van der Waals surface area contributed by atoms with Gasteiger partial charge in [-0.3, -0.25) is 0 Å². The number of nitrogen functional groups attached to an aromatic ring is 1. The summed E-state index contributed by atoms with van der Waals surface area (Å²) in [6, 6.07) is 11.0. The lowest BCUT2D eigenvalue weighted by Crippen LogP contribution is -2.33. The normalized spacial score (nSPS) is 12.1. The standard InChI is InChI=1S/C28H32FN3O5S/c1-16(22-12-19(29)8-10-21(22)26(33)34)36-24-11-18(14-31-25(24)30)23-13-20(38-6)9-7-17(23)15-32(5)27(35)37-28(2,3)4/h7-14,16H,15H2,1-6H3,(H2,30,31)(H,33,34). The average molecular weight is 542 g/mol. The Kier molecular flexibility index (Phi) is 8.88. The Morgan fingerprint density at radius 1 is 1.18 bits per heavy atom. The smallest absolute Gasteiger partial charge is 0.410 e. The van der Waals surface area contributed by atoms with Gasteiger partial charge in [0, 0.05) is 35.8 Å². The molecule has 38 heavy (non-hydrogen) atoms. The van der Waals surface area contributed by atoms with Gasteiger partial charge in [0.25, 0.3) is 0 Å². The average Bonchev–Trinajstić information content (AvgIpc) is 2.84. The molecule has 0 saturated carbocycles. The van der Waals surface area contributed by atoms with Gasteiger partial charge in [0.15, 0.2) is 11.6 Å². The first-order valence-corrected chi connectivity index (χ1v) is 13.1. The number of carboxylic acids is 1. The van der Waals surface area contributed by atoms with Crippen molar-refractivity contribution in [3.63, 3.8) is 0 Å². The van der Waals surface area contributed by atoms with E-state index in [1.807, 2.05) is 45.2 Å². The van der Waals surface area contributed by atoms with Crippen LogP contribution in [0.4, 0.5) is 15.0 Å². The van der Waals surface area contributed by atoms with Gasteiger partial charge >= 0.3 is 12.1 Å². The molecule has 2 aromatic carbocycles. The van der Waals surface area contributed by atoms with Crippen LogP contribution < -0.4 is 10.5 Å². The summed E-state index contributed by atoms with van der Waals surface area (Å²) in [5.41, 5.74) is 7.92. The summed E-state index contributed by atoms with van der Waals surface area (Å²) in [5, 5.41) is 9.52. The highest BCUT2D eigenvalue weighted by molar-refractivity contribution is 7.98. The molecule has 3 aromatic rings. The zero-order valence-corrected chi connectivity index (χ0v) is 23.1.